The zero-order valence-corrected chi connectivity index (χ0v) is 19.1. The van der Waals surface area contributed by atoms with Gasteiger partial charge in [0, 0.05) is 44.1 Å². The first-order chi connectivity index (χ1) is 16.5. The van der Waals surface area contributed by atoms with Crippen LogP contribution in [-0.4, -0.2) is 56.6 Å². The van der Waals surface area contributed by atoms with Crippen molar-refractivity contribution in [3.05, 3.63) is 77.1 Å². The fraction of sp³-hybridized carbons (Fsp3) is 0.280. The molecule has 1 aromatic carbocycles. The highest BCUT2D eigenvalue weighted by Crippen LogP contribution is 2.27. The van der Waals surface area contributed by atoms with Crippen LogP contribution in [0, 0.1) is 25.2 Å². The van der Waals surface area contributed by atoms with Crippen LogP contribution in [0.25, 0.3) is 17.3 Å². The van der Waals surface area contributed by atoms with Crippen molar-refractivity contribution in [1.82, 2.24) is 24.5 Å². The van der Waals surface area contributed by atoms with E-state index in [4.69, 9.17) is 8.94 Å². The Morgan fingerprint density at radius 3 is 2.47 bits per heavy atom. The van der Waals surface area contributed by atoms with Crippen LogP contribution < -0.4 is 0 Å². The maximum Gasteiger partial charge on any atom is 0.258 e. The van der Waals surface area contributed by atoms with E-state index in [0.717, 1.165) is 5.56 Å². The van der Waals surface area contributed by atoms with Crippen LogP contribution in [0.15, 0.2) is 57.7 Å². The molecular weight excluding hydrogens is 432 g/mol. The van der Waals surface area contributed by atoms with Gasteiger partial charge in [-0.05, 0) is 26.0 Å². The summed E-state index contributed by atoms with van der Waals surface area (Å²) in [6, 6.07) is 13.8. The van der Waals surface area contributed by atoms with Gasteiger partial charge >= 0.3 is 0 Å². The Morgan fingerprint density at radius 2 is 1.79 bits per heavy atom. The third-order valence-electron chi connectivity index (χ3n) is 6.03. The molecule has 0 N–H and O–H groups in total. The molecule has 9 heteroatoms. The molecular formula is C25H24N6O3. The zero-order valence-electron chi connectivity index (χ0n) is 19.1. The standard InChI is InChI=1S/C25H24N6O3/c1-17-5-7-19(8-6-17)23-27-21(34-28-23)16-29-11-13-30(14-12-29)24(32)22-18(2)33-25(20(22)15-26)31-9-3-4-10-31/h3-10H,11-14,16H2,1-2H3. The number of nitriles is 1. The Morgan fingerprint density at radius 1 is 1.09 bits per heavy atom. The largest absolute Gasteiger partial charge is 0.443 e. The molecule has 0 bridgehead atoms. The number of hydrogen-bond acceptors (Lipinski definition) is 7. The van der Waals surface area contributed by atoms with Crippen molar-refractivity contribution in [2.24, 2.45) is 0 Å². The normalized spacial score (nSPS) is 14.3. The lowest BCUT2D eigenvalue weighted by molar-refractivity contribution is 0.0613. The Balaban J connectivity index is 1.24. The maximum absolute atomic E-state index is 13.3. The van der Waals surface area contributed by atoms with Crippen LogP contribution in [0.1, 0.15) is 33.1 Å². The van der Waals surface area contributed by atoms with Gasteiger partial charge in [0.05, 0.1) is 6.54 Å². The monoisotopic (exact) mass is 456 g/mol. The lowest BCUT2D eigenvalue weighted by Gasteiger charge is -2.33. The predicted molar refractivity (Wildman–Crippen MR) is 123 cm³/mol. The topological polar surface area (TPSA) is 104 Å². The van der Waals surface area contributed by atoms with E-state index in [2.05, 4.69) is 21.1 Å². The molecule has 5 rings (SSSR count). The highest BCUT2D eigenvalue weighted by atomic mass is 16.5. The van der Waals surface area contributed by atoms with E-state index < -0.39 is 0 Å². The number of piperazine rings is 1. The quantitative estimate of drug-likeness (QED) is 0.452. The van der Waals surface area contributed by atoms with Crippen LogP contribution in [0.2, 0.25) is 0 Å². The molecule has 4 aromatic rings. The van der Waals surface area contributed by atoms with Crippen molar-refractivity contribution in [3.8, 4) is 23.3 Å². The van der Waals surface area contributed by atoms with Crippen molar-refractivity contribution in [2.45, 2.75) is 20.4 Å². The average Bonchev–Trinajstić information content (AvgIpc) is 3.60. The number of nitrogens with zero attached hydrogens (tertiary/aromatic N) is 6. The number of hydrogen-bond donors (Lipinski definition) is 0. The van der Waals surface area contributed by atoms with Crippen molar-refractivity contribution in [3.63, 3.8) is 0 Å². The van der Waals surface area contributed by atoms with Gasteiger partial charge in [0.1, 0.15) is 23.0 Å². The van der Waals surface area contributed by atoms with E-state index in [1.807, 2.05) is 43.3 Å². The average molecular weight is 457 g/mol. The summed E-state index contributed by atoms with van der Waals surface area (Å²) in [5.74, 6) is 1.75. The highest BCUT2D eigenvalue weighted by molar-refractivity contribution is 5.98. The Kier molecular flexibility index (Phi) is 5.74. The van der Waals surface area contributed by atoms with E-state index in [0.29, 0.717) is 61.6 Å². The van der Waals surface area contributed by atoms with Crippen LogP contribution >= 0.6 is 0 Å². The van der Waals surface area contributed by atoms with Gasteiger partial charge in [-0.25, -0.2) is 0 Å². The first-order valence-electron chi connectivity index (χ1n) is 11.1. The Bertz CT molecular complexity index is 1340. The summed E-state index contributed by atoms with van der Waals surface area (Å²) in [4.78, 5) is 21.7. The van der Waals surface area contributed by atoms with Gasteiger partial charge in [0.25, 0.3) is 5.91 Å². The van der Waals surface area contributed by atoms with E-state index in [1.165, 1.54) is 5.56 Å². The van der Waals surface area contributed by atoms with Gasteiger partial charge in [-0.3, -0.25) is 14.3 Å². The number of carbonyl (C=O) groups is 1. The SMILES string of the molecule is Cc1ccc(-c2noc(CN3CCN(C(=O)c4c(C)oc(-n5cccc5)c4C#N)CC3)n2)cc1. The first-order valence-corrected chi connectivity index (χ1v) is 11.1. The number of aryl methyl sites for hydroxylation is 2. The number of benzene rings is 1. The van der Waals surface area contributed by atoms with Crippen molar-refractivity contribution in [2.75, 3.05) is 26.2 Å². The molecule has 0 atom stereocenters. The van der Waals surface area contributed by atoms with Gasteiger partial charge in [-0.2, -0.15) is 10.2 Å². The molecule has 1 fully saturated rings. The number of rotatable bonds is 5. The molecule has 1 aliphatic heterocycles. The molecule has 0 aliphatic carbocycles. The van der Waals surface area contributed by atoms with Crippen LogP contribution in [0.3, 0.4) is 0 Å². The minimum Gasteiger partial charge on any atom is -0.443 e. The predicted octanol–water partition coefficient (Wildman–Crippen LogP) is 3.57. The van der Waals surface area contributed by atoms with Gasteiger partial charge < -0.3 is 13.8 Å². The number of furan rings is 1. The van der Waals surface area contributed by atoms with E-state index in [9.17, 15) is 10.1 Å². The minimum atomic E-state index is -0.185. The minimum absolute atomic E-state index is 0.185. The van der Waals surface area contributed by atoms with Gasteiger partial charge in [-0.15, -0.1) is 0 Å². The fourth-order valence-electron chi connectivity index (χ4n) is 4.14. The van der Waals surface area contributed by atoms with Crippen LogP contribution in [0.5, 0.6) is 0 Å². The molecule has 3 aromatic heterocycles. The second-order valence-electron chi connectivity index (χ2n) is 8.36. The molecule has 0 spiro atoms. The molecule has 1 saturated heterocycles. The van der Waals surface area contributed by atoms with E-state index in [-0.39, 0.29) is 11.5 Å². The molecule has 1 amide bonds. The smallest absolute Gasteiger partial charge is 0.258 e. The number of carbonyl (C=O) groups excluding carboxylic acids is 1. The summed E-state index contributed by atoms with van der Waals surface area (Å²) in [6.07, 6.45) is 3.57. The lowest BCUT2D eigenvalue weighted by atomic mass is 10.1. The molecule has 0 unspecified atom stereocenters. The summed E-state index contributed by atoms with van der Waals surface area (Å²) < 4.78 is 12.9. The number of aromatic nitrogens is 3. The lowest BCUT2D eigenvalue weighted by Crippen LogP contribution is -2.48. The Labute approximate surface area is 196 Å². The molecule has 4 heterocycles. The van der Waals surface area contributed by atoms with Gasteiger partial charge in [0.2, 0.25) is 17.6 Å². The second-order valence-corrected chi connectivity index (χ2v) is 8.36. The van der Waals surface area contributed by atoms with E-state index >= 15 is 0 Å². The Hall–Kier alpha value is -4.16. The summed E-state index contributed by atoms with van der Waals surface area (Å²) in [6.45, 7) is 6.67. The van der Waals surface area contributed by atoms with Crippen LogP contribution in [-0.2, 0) is 6.54 Å². The highest BCUT2D eigenvalue weighted by Gasteiger charge is 2.30. The van der Waals surface area contributed by atoms with Gasteiger partial charge in [0.15, 0.2) is 0 Å². The summed E-state index contributed by atoms with van der Waals surface area (Å²) >= 11 is 0. The molecule has 34 heavy (non-hydrogen) atoms. The van der Waals surface area contributed by atoms with Crippen LogP contribution in [0.4, 0.5) is 0 Å². The molecule has 172 valence electrons. The van der Waals surface area contributed by atoms with Crippen molar-refractivity contribution in [1.29, 1.82) is 5.26 Å². The molecule has 0 radical (unpaired) electrons. The fourth-order valence-corrected chi connectivity index (χ4v) is 4.14. The summed E-state index contributed by atoms with van der Waals surface area (Å²) in [5, 5.41) is 13.8. The van der Waals surface area contributed by atoms with Gasteiger partial charge in [-0.1, -0.05) is 35.0 Å². The summed E-state index contributed by atoms with van der Waals surface area (Å²) in [5.41, 5.74) is 2.68. The second kappa shape index (κ2) is 9.00. The molecule has 9 nitrogen and oxygen atoms in total. The first kappa shape index (κ1) is 21.7. The third-order valence-corrected chi connectivity index (χ3v) is 6.03. The molecule has 0 saturated carbocycles. The van der Waals surface area contributed by atoms with E-state index in [1.54, 1.807) is 28.8 Å². The summed E-state index contributed by atoms with van der Waals surface area (Å²) in [7, 11) is 0. The zero-order chi connectivity index (χ0) is 23.7. The number of amides is 1. The molecule has 1 aliphatic rings. The van der Waals surface area contributed by atoms with Crippen molar-refractivity contribution < 1.29 is 13.7 Å². The maximum atomic E-state index is 13.3. The van der Waals surface area contributed by atoms with Crippen molar-refractivity contribution >= 4 is 5.91 Å². The third kappa shape index (κ3) is 4.11.